The highest BCUT2D eigenvalue weighted by Gasteiger charge is 2.32. The molecular weight excluding hydrogens is 298 g/mol. The molecular formula is C16H31N3O4. The molecule has 2 amide bonds. The highest BCUT2D eigenvalue weighted by Crippen LogP contribution is 2.08. The predicted molar refractivity (Wildman–Crippen MR) is 88.4 cm³/mol. The number of nitrogens with two attached hydrogens (primary N) is 1. The normalized spacial score (nSPS) is 15.3. The lowest BCUT2D eigenvalue weighted by Gasteiger charge is -2.27. The van der Waals surface area contributed by atoms with Crippen molar-refractivity contribution in [3.8, 4) is 0 Å². The molecule has 134 valence electrons. The average molecular weight is 329 g/mol. The molecule has 0 fully saturated rings. The summed E-state index contributed by atoms with van der Waals surface area (Å²) in [4.78, 5) is 36.3. The van der Waals surface area contributed by atoms with Crippen LogP contribution in [0.1, 0.15) is 41.5 Å². The largest absolute Gasteiger partial charge is 0.467 e. The molecule has 0 aromatic carbocycles. The van der Waals surface area contributed by atoms with Gasteiger partial charge in [0.05, 0.1) is 13.2 Å². The maximum atomic E-state index is 12.5. The molecule has 0 aromatic rings. The zero-order valence-corrected chi connectivity index (χ0v) is 15.2. The van der Waals surface area contributed by atoms with Gasteiger partial charge in [-0.25, -0.2) is 4.79 Å². The number of amides is 2. The molecule has 0 unspecified atom stereocenters. The van der Waals surface area contributed by atoms with Crippen LogP contribution < -0.4 is 16.4 Å². The summed E-state index contributed by atoms with van der Waals surface area (Å²) in [6.07, 6.45) is 0. The van der Waals surface area contributed by atoms with Crippen LogP contribution in [0.15, 0.2) is 0 Å². The first-order valence-electron chi connectivity index (χ1n) is 7.97. The van der Waals surface area contributed by atoms with Gasteiger partial charge in [0.25, 0.3) is 0 Å². The predicted octanol–water partition coefficient (Wildman–Crippen LogP) is 0.424. The second-order valence-electron chi connectivity index (χ2n) is 6.75. The van der Waals surface area contributed by atoms with E-state index < -0.39 is 30.0 Å². The SMILES string of the molecule is COC(=O)[C@@H](NC(=O)[C@H](NC(=O)[C@@H](N)C(C)C)C(C)C)C(C)C. The summed E-state index contributed by atoms with van der Waals surface area (Å²) >= 11 is 0. The third-order valence-corrected chi connectivity index (χ3v) is 3.69. The van der Waals surface area contributed by atoms with Crippen LogP contribution in [0.5, 0.6) is 0 Å². The van der Waals surface area contributed by atoms with Crippen molar-refractivity contribution in [2.75, 3.05) is 7.11 Å². The molecule has 0 radical (unpaired) electrons. The lowest BCUT2D eigenvalue weighted by Crippen LogP contribution is -2.57. The van der Waals surface area contributed by atoms with Crippen molar-refractivity contribution < 1.29 is 19.1 Å². The number of ether oxygens (including phenoxy) is 1. The van der Waals surface area contributed by atoms with Crippen LogP contribution in [-0.4, -0.2) is 43.0 Å². The van der Waals surface area contributed by atoms with Crippen molar-refractivity contribution >= 4 is 17.8 Å². The van der Waals surface area contributed by atoms with Crippen molar-refractivity contribution in [1.82, 2.24) is 10.6 Å². The second kappa shape index (κ2) is 9.50. The van der Waals surface area contributed by atoms with Crippen LogP contribution in [0.25, 0.3) is 0 Å². The van der Waals surface area contributed by atoms with Gasteiger partial charge in [-0.05, 0) is 17.8 Å². The fourth-order valence-corrected chi connectivity index (χ4v) is 1.95. The maximum absolute atomic E-state index is 12.5. The van der Waals surface area contributed by atoms with Crippen molar-refractivity contribution in [3.63, 3.8) is 0 Å². The van der Waals surface area contributed by atoms with E-state index >= 15 is 0 Å². The summed E-state index contributed by atoms with van der Waals surface area (Å²) in [7, 11) is 1.27. The Morgan fingerprint density at radius 3 is 1.57 bits per heavy atom. The van der Waals surface area contributed by atoms with Crippen LogP contribution >= 0.6 is 0 Å². The molecule has 23 heavy (non-hydrogen) atoms. The summed E-state index contributed by atoms with van der Waals surface area (Å²) in [5, 5.41) is 5.32. The van der Waals surface area contributed by atoms with Crippen molar-refractivity contribution in [2.45, 2.75) is 59.7 Å². The topological polar surface area (TPSA) is 111 Å². The molecule has 0 spiro atoms. The Kier molecular flexibility index (Phi) is 8.82. The minimum atomic E-state index is -0.766. The molecule has 0 aromatic heterocycles. The van der Waals surface area contributed by atoms with E-state index in [1.54, 1.807) is 13.8 Å². The van der Waals surface area contributed by atoms with Gasteiger partial charge in [-0.1, -0.05) is 41.5 Å². The van der Waals surface area contributed by atoms with Crippen LogP contribution in [0.3, 0.4) is 0 Å². The number of esters is 1. The number of carbonyl (C=O) groups excluding carboxylic acids is 3. The van der Waals surface area contributed by atoms with Gasteiger partial charge >= 0.3 is 5.97 Å². The molecule has 0 saturated heterocycles. The van der Waals surface area contributed by atoms with Gasteiger partial charge in [0.2, 0.25) is 11.8 Å². The fraction of sp³-hybridized carbons (Fsp3) is 0.812. The Labute approximate surface area is 138 Å². The van der Waals surface area contributed by atoms with Crippen molar-refractivity contribution in [3.05, 3.63) is 0 Å². The van der Waals surface area contributed by atoms with Gasteiger partial charge in [-0.2, -0.15) is 0 Å². The first kappa shape index (κ1) is 21.4. The average Bonchev–Trinajstić information content (AvgIpc) is 2.47. The third kappa shape index (κ3) is 6.56. The highest BCUT2D eigenvalue weighted by molar-refractivity contribution is 5.92. The maximum Gasteiger partial charge on any atom is 0.328 e. The van der Waals surface area contributed by atoms with Crippen LogP contribution in [-0.2, 0) is 19.1 Å². The Bertz CT molecular complexity index is 422. The first-order chi connectivity index (χ1) is 10.5. The molecule has 3 atom stereocenters. The number of nitrogens with one attached hydrogen (secondary N) is 2. The summed E-state index contributed by atoms with van der Waals surface area (Å²) in [6.45, 7) is 10.9. The Hall–Kier alpha value is -1.63. The molecule has 7 heteroatoms. The number of hydrogen-bond acceptors (Lipinski definition) is 5. The second-order valence-corrected chi connectivity index (χ2v) is 6.75. The van der Waals surface area contributed by atoms with E-state index in [9.17, 15) is 14.4 Å². The van der Waals surface area contributed by atoms with Crippen LogP contribution in [0, 0.1) is 17.8 Å². The fourth-order valence-electron chi connectivity index (χ4n) is 1.95. The van der Waals surface area contributed by atoms with E-state index in [-0.39, 0.29) is 23.7 Å². The Balaban J connectivity index is 5.06. The van der Waals surface area contributed by atoms with E-state index in [1.165, 1.54) is 7.11 Å². The Morgan fingerprint density at radius 1 is 0.783 bits per heavy atom. The van der Waals surface area contributed by atoms with E-state index in [0.717, 1.165) is 0 Å². The van der Waals surface area contributed by atoms with Crippen LogP contribution in [0.4, 0.5) is 0 Å². The molecule has 0 aliphatic rings. The van der Waals surface area contributed by atoms with Gasteiger partial charge in [-0.15, -0.1) is 0 Å². The summed E-state index contributed by atoms with van der Waals surface area (Å²) < 4.78 is 4.70. The van der Waals surface area contributed by atoms with Gasteiger partial charge in [0.1, 0.15) is 12.1 Å². The van der Waals surface area contributed by atoms with Gasteiger partial charge in [-0.3, -0.25) is 9.59 Å². The summed E-state index contributed by atoms with van der Waals surface area (Å²) in [5.41, 5.74) is 5.81. The van der Waals surface area contributed by atoms with E-state index in [1.807, 2.05) is 27.7 Å². The van der Waals surface area contributed by atoms with Crippen molar-refractivity contribution in [1.29, 1.82) is 0 Å². The van der Waals surface area contributed by atoms with Crippen LogP contribution in [0.2, 0.25) is 0 Å². The number of methoxy groups -OCH3 is 1. The lowest BCUT2D eigenvalue weighted by molar-refractivity contribution is -0.146. The molecule has 0 rings (SSSR count). The smallest absolute Gasteiger partial charge is 0.328 e. The number of carbonyl (C=O) groups is 3. The molecule has 0 aliphatic carbocycles. The van der Waals surface area contributed by atoms with Gasteiger partial charge in [0, 0.05) is 0 Å². The third-order valence-electron chi connectivity index (χ3n) is 3.69. The van der Waals surface area contributed by atoms with Crippen molar-refractivity contribution in [2.24, 2.45) is 23.5 Å². The van der Waals surface area contributed by atoms with Gasteiger partial charge in [0.15, 0.2) is 0 Å². The minimum Gasteiger partial charge on any atom is -0.467 e. The van der Waals surface area contributed by atoms with E-state index in [0.29, 0.717) is 0 Å². The molecule has 0 bridgehead atoms. The lowest BCUT2D eigenvalue weighted by atomic mass is 9.98. The number of rotatable bonds is 8. The summed E-state index contributed by atoms with van der Waals surface area (Å²) in [6, 6.07) is -2.21. The van der Waals surface area contributed by atoms with Gasteiger partial charge < -0.3 is 21.1 Å². The van der Waals surface area contributed by atoms with E-state index in [4.69, 9.17) is 10.5 Å². The molecule has 0 saturated carbocycles. The monoisotopic (exact) mass is 329 g/mol. The highest BCUT2D eigenvalue weighted by atomic mass is 16.5. The molecule has 4 N–H and O–H groups in total. The first-order valence-corrected chi connectivity index (χ1v) is 7.97. The Morgan fingerprint density at radius 2 is 1.22 bits per heavy atom. The number of hydrogen-bond donors (Lipinski definition) is 3. The molecule has 0 aliphatic heterocycles. The quantitative estimate of drug-likeness (QED) is 0.559. The zero-order valence-electron chi connectivity index (χ0n) is 15.2. The standard InChI is InChI=1S/C16H31N3O4/c1-8(2)11(17)14(20)18-12(9(3)4)15(21)19-13(10(5)6)16(22)23-7/h8-13H,17H2,1-7H3,(H,18,20)(H,19,21)/t11-,12+,13-/m0/s1. The minimum absolute atomic E-state index is 0.0376. The zero-order chi connectivity index (χ0) is 18.3. The molecule has 7 nitrogen and oxygen atoms in total. The van der Waals surface area contributed by atoms with E-state index in [2.05, 4.69) is 10.6 Å². The molecule has 0 heterocycles. The summed E-state index contributed by atoms with van der Waals surface area (Å²) in [5.74, 6) is -1.64.